The fraction of sp³-hybridized carbons (Fsp3) is 0.714. The minimum atomic E-state index is -0.482. The van der Waals surface area contributed by atoms with Crippen molar-refractivity contribution in [3.63, 3.8) is 0 Å². The van der Waals surface area contributed by atoms with Crippen molar-refractivity contribution in [1.82, 2.24) is 10.9 Å². The molecule has 0 aliphatic heterocycles. The molecule has 68 valence electrons. The molecule has 12 heavy (non-hydrogen) atoms. The summed E-state index contributed by atoms with van der Waals surface area (Å²) >= 11 is 0. The summed E-state index contributed by atoms with van der Waals surface area (Å²) < 4.78 is 0. The highest BCUT2D eigenvalue weighted by molar-refractivity contribution is 5.99. The second kappa shape index (κ2) is 3.53. The number of carbonyl (C=O) groups is 1. The first-order valence-electron chi connectivity index (χ1n) is 3.91. The molecule has 0 saturated heterocycles. The molecule has 0 radical (unpaired) electrons. The summed E-state index contributed by atoms with van der Waals surface area (Å²) in [5.41, 5.74) is 1.18. The number of hydrogen-bond donors (Lipinski definition) is 3. The molecule has 1 rings (SSSR count). The summed E-state index contributed by atoms with van der Waals surface area (Å²) in [4.78, 5) is 11.3. The Hall–Kier alpha value is -1.10. The van der Waals surface area contributed by atoms with E-state index in [1.165, 1.54) is 6.21 Å². The second-order valence-corrected chi connectivity index (χ2v) is 2.95. The summed E-state index contributed by atoms with van der Waals surface area (Å²) in [5, 5.41) is 14.3. The van der Waals surface area contributed by atoms with E-state index in [4.69, 9.17) is 5.21 Å². The molecule has 5 heteroatoms. The molecule has 0 unspecified atom stereocenters. The molecule has 1 fully saturated rings. The molecule has 0 spiro atoms. The molecule has 0 aromatic heterocycles. The SMILES string of the molecule is CNC(=O)C1(C=NNO)CCC1. The van der Waals surface area contributed by atoms with Gasteiger partial charge in [-0.2, -0.15) is 10.7 Å². The summed E-state index contributed by atoms with van der Waals surface area (Å²) in [6.45, 7) is 0. The van der Waals surface area contributed by atoms with Crippen LogP contribution in [0.3, 0.4) is 0 Å². The highest BCUT2D eigenvalue weighted by Gasteiger charge is 2.42. The smallest absolute Gasteiger partial charge is 0.231 e. The fourth-order valence-corrected chi connectivity index (χ4v) is 1.37. The van der Waals surface area contributed by atoms with Gasteiger partial charge in [-0.1, -0.05) is 6.42 Å². The van der Waals surface area contributed by atoms with E-state index in [1.54, 1.807) is 12.6 Å². The number of rotatable bonds is 3. The molecular formula is C7H13N3O2. The molecule has 0 heterocycles. The largest absolute Gasteiger partial charge is 0.358 e. The van der Waals surface area contributed by atoms with Gasteiger partial charge in [0.05, 0.1) is 5.41 Å². The normalized spacial score (nSPS) is 20.2. The third kappa shape index (κ3) is 1.40. The van der Waals surface area contributed by atoms with Crippen LogP contribution in [0.5, 0.6) is 0 Å². The van der Waals surface area contributed by atoms with Gasteiger partial charge in [0, 0.05) is 13.3 Å². The van der Waals surface area contributed by atoms with Gasteiger partial charge in [-0.05, 0) is 12.8 Å². The molecule has 1 saturated carbocycles. The Morgan fingerprint density at radius 3 is 2.67 bits per heavy atom. The van der Waals surface area contributed by atoms with Gasteiger partial charge in [0.15, 0.2) is 0 Å². The molecular weight excluding hydrogens is 158 g/mol. The minimum absolute atomic E-state index is 0.0345. The van der Waals surface area contributed by atoms with Crippen molar-refractivity contribution in [1.29, 1.82) is 0 Å². The van der Waals surface area contributed by atoms with Gasteiger partial charge in [0.1, 0.15) is 0 Å². The predicted octanol–water partition coefficient (Wildman–Crippen LogP) is -0.133. The maximum absolute atomic E-state index is 11.3. The maximum Gasteiger partial charge on any atom is 0.231 e. The molecule has 1 aliphatic rings. The van der Waals surface area contributed by atoms with Gasteiger partial charge < -0.3 is 5.32 Å². The van der Waals surface area contributed by atoms with Crippen molar-refractivity contribution in [2.24, 2.45) is 10.5 Å². The van der Waals surface area contributed by atoms with E-state index in [-0.39, 0.29) is 5.91 Å². The lowest BCUT2D eigenvalue weighted by Gasteiger charge is -2.35. The first-order valence-corrected chi connectivity index (χ1v) is 3.91. The Bertz CT molecular complexity index is 199. The zero-order valence-electron chi connectivity index (χ0n) is 7.00. The van der Waals surface area contributed by atoms with Crippen LogP contribution in [0.25, 0.3) is 0 Å². The number of nitrogens with zero attached hydrogens (tertiary/aromatic N) is 1. The van der Waals surface area contributed by atoms with Crippen LogP contribution in [0.4, 0.5) is 0 Å². The Morgan fingerprint density at radius 1 is 1.67 bits per heavy atom. The zero-order chi connectivity index (χ0) is 9.03. The van der Waals surface area contributed by atoms with E-state index in [9.17, 15) is 4.79 Å². The van der Waals surface area contributed by atoms with Gasteiger partial charge >= 0.3 is 0 Å². The molecule has 5 nitrogen and oxygen atoms in total. The predicted molar refractivity (Wildman–Crippen MR) is 43.8 cm³/mol. The number of amides is 1. The minimum Gasteiger partial charge on any atom is -0.358 e. The van der Waals surface area contributed by atoms with E-state index < -0.39 is 5.41 Å². The first-order chi connectivity index (χ1) is 5.75. The Kier molecular flexibility index (Phi) is 2.65. The van der Waals surface area contributed by atoms with Crippen LogP contribution < -0.4 is 10.9 Å². The average molecular weight is 171 g/mol. The molecule has 1 aliphatic carbocycles. The van der Waals surface area contributed by atoms with Crippen molar-refractivity contribution in [2.45, 2.75) is 19.3 Å². The van der Waals surface area contributed by atoms with Gasteiger partial charge in [0.25, 0.3) is 0 Å². The van der Waals surface area contributed by atoms with Gasteiger partial charge in [-0.3, -0.25) is 10.0 Å². The molecule has 3 N–H and O–H groups in total. The van der Waals surface area contributed by atoms with Crippen molar-refractivity contribution >= 4 is 12.1 Å². The van der Waals surface area contributed by atoms with Crippen molar-refractivity contribution in [2.75, 3.05) is 7.05 Å². The highest BCUT2D eigenvalue weighted by Crippen LogP contribution is 2.39. The standard InChI is InChI=1S/C7H13N3O2/c1-8-6(11)7(3-2-4-7)5-9-10-12/h5,10,12H,2-4H2,1H3,(H,8,11). The van der Waals surface area contributed by atoms with Gasteiger partial charge in [-0.25, -0.2) is 0 Å². The van der Waals surface area contributed by atoms with E-state index in [1.807, 2.05) is 0 Å². The maximum atomic E-state index is 11.3. The first kappa shape index (κ1) is 8.99. The van der Waals surface area contributed by atoms with E-state index in [0.29, 0.717) is 0 Å². The zero-order valence-corrected chi connectivity index (χ0v) is 7.00. The number of hydrazone groups is 1. The quantitative estimate of drug-likeness (QED) is 0.409. The van der Waals surface area contributed by atoms with Crippen LogP contribution >= 0.6 is 0 Å². The lowest BCUT2D eigenvalue weighted by Crippen LogP contribution is -2.45. The lowest BCUT2D eigenvalue weighted by atomic mass is 9.69. The number of nitrogens with one attached hydrogen (secondary N) is 2. The van der Waals surface area contributed by atoms with Crippen LogP contribution in [0.15, 0.2) is 5.10 Å². The number of carbonyl (C=O) groups excluding carboxylic acids is 1. The summed E-state index contributed by atoms with van der Waals surface area (Å²) in [6, 6.07) is 0. The van der Waals surface area contributed by atoms with E-state index in [0.717, 1.165) is 19.3 Å². The third-order valence-corrected chi connectivity index (χ3v) is 2.29. The topological polar surface area (TPSA) is 73.7 Å². The summed E-state index contributed by atoms with van der Waals surface area (Å²) in [5.74, 6) is -0.0345. The average Bonchev–Trinajstić information content (AvgIpc) is 2.02. The van der Waals surface area contributed by atoms with Crippen LogP contribution in [0.2, 0.25) is 0 Å². The molecule has 0 aromatic rings. The van der Waals surface area contributed by atoms with Crippen LogP contribution in [0.1, 0.15) is 19.3 Å². The van der Waals surface area contributed by atoms with E-state index in [2.05, 4.69) is 10.4 Å². The van der Waals surface area contributed by atoms with Crippen LogP contribution in [-0.2, 0) is 4.79 Å². The Labute approximate surface area is 70.8 Å². The summed E-state index contributed by atoms with van der Waals surface area (Å²) in [7, 11) is 1.60. The van der Waals surface area contributed by atoms with Crippen molar-refractivity contribution in [3.8, 4) is 0 Å². The van der Waals surface area contributed by atoms with Crippen LogP contribution in [-0.4, -0.2) is 24.4 Å². The highest BCUT2D eigenvalue weighted by atomic mass is 16.5. The Morgan fingerprint density at radius 2 is 2.33 bits per heavy atom. The molecule has 0 bridgehead atoms. The fourth-order valence-electron chi connectivity index (χ4n) is 1.37. The van der Waals surface area contributed by atoms with E-state index >= 15 is 0 Å². The molecule has 0 aromatic carbocycles. The summed E-state index contributed by atoms with van der Waals surface area (Å²) in [6.07, 6.45) is 4.11. The van der Waals surface area contributed by atoms with Crippen molar-refractivity contribution in [3.05, 3.63) is 0 Å². The lowest BCUT2D eigenvalue weighted by molar-refractivity contribution is -0.130. The number of hydrogen-bond acceptors (Lipinski definition) is 4. The monoisotopic (exact) mass is 171 g/mol. The Balaban J connectivity index is 2.62. The molecule has 0 atom stereocenters. The molecule has 1 amide bonds. The third-order valence-electron chi connectivity index (χ3n) is 2.29. The second-order valence-electron chi connectivity index (χ2n) is 2.95. The van der Waals surface area contributed by atoms with Gasteiger partial charge in [0.2, 0.25) is 5.91 Å². The van der Waals surface area contributed by atoms with Gasteiger partial charge in [-0.15, -0.1) is 0 Å². The van der Waals surface area contributed by atoms with Crippen LogP contribution in [0, 0.1) is 5.41 Å². The van der Waals surface area contributed by atoms with Crippen molar-refractivity contribution < 1.29 is 10.0 Å².